The molecular formula is C13H16N2O. The molecule has 0 saturated carbocycles. The van der Waals surface area contributed by atoms with E-state index in [-0.39, 0.29) is 11.7 Å². The standard InChI is InChI=1S/C13H16N2O/c1-9-13(16)7-11(8-15(9)2)10-4-3-5-12(14)6-10/h3-4,7,10,14H,1,5-6,8H2,2H3. The van der Waals surface area contributed by atoms with Crippen LogP contribution in [0.2, 0.25) is 0 Å². The maximum absolute atomic E-state index is 11.6. The summed E-state index contributed by atoms with van der Waals surface area (Å²) in [5.74, 6) is 0.218. The summed E-state index contributed by atoms with van der Waals surface area (Å²) in [6, 6.07) is 0. The second-order valence-electron chi connectivity index (χ2n) is 4.43. The van der Waals surface area contributed by atoms with E-state index in [0.717, 1.165) is 30.7 Å². The molecular weight excluding hydrogens is 200 g/mol. The summed E-state index contributed by atoms with van der Waals surface area (Å²) < 4.78 is 0. The van der Waals surface area contributed by atoms with Crippen LogP contribution in [-0.2, 0) is 4.79 Å². The number of nitrogens with zero attached hydrogens (tertiary/aromatic N) is 1. The average Bonchev–Trinajstić information content (AvgIpc) is 2.25. The van der Waals surface area contributed by atoms with Gasteiger partial charge in [-0.1, -0.05) is 18.7 Å². The van der Waals surface area contributed by atoms with Crippen molar-refractivity contribution in [2.24, 2.45) is 5.92 Å². The number of carbonyl (C=O) groups excluding carboxylic acids is 1. The van der Waals surface area contributed by atoms with Crippen LogP contribution in [0.3, 0.4) is 0 Å². The zero-order chi connectivity index (χ0) is 11.7. The largest absolute Gasteiger partial charge is 0.368 e. The first-order chi connectivity index (χ1) is 7.58. The molecule has 1 aliphatic carbocycles. The summed E-state index contributed by atoms with van der Waals surface area (Å²) in [4.78, 5) is 13.5. The maximum Gasteiger partial charge on any atom is 0.201 e. The van der Waals surface area contributed by atoms with E-state index in [2.05, 4.69) is 12.7 Å². The fourth-order valence-electron chi connectivity index (χ4n) is 2.13. The molecule has 1 heterocycles. The average molecular weight is 216 g/mol. The van der Waals surface area contributed by atoms with Crippen LogP contribution in [0.15, 0.2) is 36.1 Å². The SMILES string of the molecule is C=C1C(=O)C=C(C2C=CCC(=N)C2)CN1C. The number of hydrogen-bond acceptors (Lipinski definition) is 3. The van der Waals surface area contributed by atoms with Gasteiger partial charge in [0, 0.05) is 31.6 Å². The molecule has 1 N–H and O–H groups in total. The predicted molar refractivity (Wildman–Crippen MR) is 64.5 cm³/mol. The third-order valence-electron chi connectivity index (χ3n) is 3.16. The summed E-state index contributed by atoms with van der Waals surface area (Å²) in [6.07, 6.45) is 7.32. The lowest BCUT2D eigenvalue weighted by Crippen LogP contribution is -2.32. The number of rotatable bonds is 1. The molecule has 3 nitrogen and oxygen atoms in total. The Balaban J connectivity index is 2.22. The second-order valence-corrected chi connectivity index (χ2v) is 4.43. The number of likely N-dealkylation sites (N-methyl/N-ethyl adjacent to an activating group) is 1. The highest BCUT2D eigenvalue weighted by Gasteiger charge is 2.24. The van der Waals surface area contributed by atoms with Crippen molar-refractivity contribution >= 4 is 11.5 Å². The first-order valence-electron chi connectivity index (χ1n) is 5.45. The van der Waals surface area contributed by atoms with Gasteiger partial charge in [-0.15, -0.1) is 0 Å². The van der Waals surface area contributed by atoms with Gasteiger partial charge >= 0.3 is 0 Å². The van der Waals surface area contributed by atoms with Crippen LogP contribution in [0.1, 0.15) is 12.8 Å². The van der Waals surface area contributed by atoms with Gasteiger partial charge in [0.25, 0.3) is 0 Å². The number of carbonyl (C=O) groups is 1. The maximum atomic E-state index is 11.6. The lowest BCUT2D eigenvalue weighted by molar-refractivity contribution is -0.113. The minimum atomic E-state index is -0.00532. The Morgan fingerprint density at radius 1 is 1.56 bits per heavy atom. The topological polar surface area (TPSA) is 44.2 Å². The highest BCUT2D eigenvalue weighted by molar-refractivity contribution is 6.04. The molecule has 0 aromatic rings. The summed E-state index contributed by atoms with van der Waals surface area (Å²) >= 11 is 0. The van der Waals surface area contributed by atoms with E-state index in [0.29, 0.717) is 5.70 Å². The third kappa shape index (κ3) is 1.98. The monoisotopic (exact) mass is 216 g/mol. The van der Waals surface area contributed by atoms with E-state index in [4.69, 9.17) is 5.41 Å². The number of hydrogen-bond donors (Lipinski definition) is 1. The van der Waals surface area contributed by atoms with Crippen molar-refractivity contribution in [1.82, 2.24) is 4.90 Å². The Kier molecular flexibility index (Phi) is 2.77. The smallest absolute Gasteiger partial charge is 0.201 e. The fourth-order valence-corrected chi connectivity index (χ4v) is 2.13. The van der Waals surface area contributed by atoms with Gasteiger partial charge in [0.05, 0.1) is 5.70 Å². The van der Waals surface area contributed by atoms with E-state index in [9.17, 15) is 4.79 Å². The molecule has 0 aromatic carbocycles. The Bertz CT molecular complexity index is 418. The molecule has 2 aliphatic rings. The first-order valence-corrected chi connectivity index (χ1v) is 5.45. The van der Waals surface area contributed by atoms with E-state index in [1.54, 1.807) is 6.08 Å². The van der Waals surface area contributed by atoms with Gasteiger partial charge in [0.15, 0.2) is 0 Å². The number of ketones is 1. The molecule has 0 spiro atoms. The van der Waals surface area contributed by atoms with E-state index < -0.39 is 0 Å². The van der Waals surface area contributed by atoms with Crippen molar-refractivity contribution in [2.75, 3.05) is 13.6 Å². The van der Waals surface area contributed by atoms with Gasteiger partial charge < -0.3 is 10.3 Å². The summed E-state index contributed by atoms with van der Waals surface area (Å²) in [7, 11) is 1.88. The molecule has 0 aromatic heterocycles. The van der Waals surface area contributed by atoms with Crippen molar-refractivity contribution in [2.45, 2.75) is 12.8 Å². The molecule has 1 aliphatic heterocycles. The molecule has 1 unspecified atom stereocenters. The van der Waals surface area contributed by atoms with Crippen molar-refractivity contribution in [3.05, 3.63) is 36.1 Å². The summed E-state index contributed by atoms with van der Waals surface area (Å²) in [5, 5.41) is 7.68. The van der Waals surface area contributed by atoms with Crippen molar-refractivity contribution < 1.29 is 4.79 Å². The van der Waals surface area contributed by atoms with Gasteiger partial charge in [-0.3, -0.25) is 4.79 Å². The van der Waals surface area contributed by atoms with Gasteiger partial charge in [-0.2, -0.15) is 0 Å². The number of nitrogens with one attached hydrogen (secondary N) is 1. The van der Waals surface area contributed by atoms with Gasteiger partial charge in [-0.05, 0) is 18.1 Å². The second kappa shape index (κ2) is 4.08. The van der Waals surface area contributed by atoms with Crippen LogP contribution >= 0.6 is 0 Å². The van der Waals surface area contributed by atoms with Crippen LogP contribution in [-0.4, -0.2) is 30.0 Å². The Labute approximate surface area is 95.6 Å². The van der Waals surface area contributed by atoms with E-state index >= 15 is 0 Å². The van der Waals surface area contributed by atoms with Crippen LogP contribution in [0.5, 0.6) is 0 Å². The Hall–Kier alpha value is -1.64. The normalized spacial score (nSPS) is 26.1. The molecule has 3 heteroatoms. The molecule has 84 valence electrons. The zero-order valence-corrected chi connectivity index (χ0v) is 9.49. The first kappa shape index (κ1) is 10.9. The van der Waals surface area contributed by atoms with Crippen LogP contribution in [0, 0.1) is 11.3 Å². The highest BCUT2D eigenvalue weighted by atomic mass is 16.1. The predicted octanol–water partition coefficient (Wildman–Crippen LogP) is 1.93. The van der Waals surface area contributed by atoms with Gasteiger partial charge in [0.2, 0.25) is 5.78 Å². The molecule has 0 amide bonds. The lowest BCUT2D eigenvalue weighted by atomic mass is 9.85. The molecule has 0 bridgehead atoms. The van der Waals surface area contributed by atoms with Crippen LogP contribution in [0.25, 0.3) is 0 Å². The molecule has 0 fully saturated rings. The molecule has 0 saturated heterocycles. The molecule has 2 rings (SSSR count). The summed E-state index contributed by atoms with van der Waals surface area (Å²) in [6.45, 7) is 4.49. The minimum absolute atomic E-state index is 0.00532. The number of allylic oxidation sites excluding steroid dienone is 3. The van der Waals surface area contributed by atoms with Gasteiger partial charge in [-0.25, -0.2) is 0 Å². The van der Waals surface area contributed by atoms with Crippen LogP contribution in [0.4, 0.5) is 0 Å². The molecule has 16 heavy (non-hydrogen) atoms. The Morgan fingerprint density at radius 2 is 2.31 bits per heavy atom. The third-order valence-corrected chi connectivity index (χ3v) is 3.16. The quantitative estimate of drug-likeness (QED) is 0.537. The van der Waals surface area contributed by atoms with Crippen molar-refractivity contribution in [3.63, 3.8) is 0 Å². The van der Waals surface area contributed by atoms with Crippen molar-refractivity contribution in [3.8, 4) is 0 Å². The molecule has 0 radical (unpaired) electrons. The molecule has 1 atom stereocenters. The van der Waals surface area contributed by atoms with Crippen molar-refractivity contribution in [1.29, 1.82) is 5.41 Å². The highest BCUT2D eigenvalue weighted by Crippen LogP contribution is 2.26. The van der Waals surface area contributed by atoms with Crippen LogP contribution < -0.4 is 0 Å². The Morgan fingerprint density at radius 3 is 2.94 bits per heavy atom. The summed E-state index contributed by atoms with van der Waals surface area (Å²) in [5.41, 5.74) is 2.40. The van der Waals surface area contributed by atoms with E-state index in [1.807, 2.05) is 18.0 Å². The van der Waals surface area contributed by atoms with Gasteiger partial charge in [0.1, 0.15) is 0 Å². The van der Waals surface area contributed by atoms with E-state index in [1.165, 1.54) is 0 Å². The lowest BCUT2D eigenvalue weighted by Gasteiger charge is -2.30. The fraction of sp³-hybridized carbons (Fsp3) is 0.385. The zero-order valence-electron chi connectivity index (χ0n) is 9.49. The minimum Gasteiger partial charge on any atom is -0.368 e.